The van der Waals surface area contributed by atoms with E-state index in [9.17, 15) is 8.42 Å². The number of benzene rings is 1. The number of nitrogens with zero attached hydrogens (tertiary/aromatic N) is 5. The van der Waals surface area contributed by atoms with Crippen LogP contribution < -0.4 is 15.4 Å². The maximum Gasteiger partial charge on any atom is 0.229 e. The first-order chi connectivity index (χ1) is 13.4. The molecule has 1 aliphatic rings. The molecule has 0 aliphatic carbocycles. The number of hydrogen-bond donors (Lipinski definition) is 2. The number of morpholine rings is 1. The zero-order valence-corrected chi connectivity index (χ0v) is 16.0. The third-order valence-corrected chi connectivity index (χ3v) is 4.81. The fourth-order valence-corrected chi connectivity index (χ4v) is 3.53. The highest BCUT2D eigenvalue weighted by Crippen LogP contribution is 2.26. The Morgan fingerprint density at radius 1 is 1.11 bits per heavy atom. The molecular weight excluding hydrogens is 382 g/mol. The Kier molecular flexibility index (Phi) is 4.69. The van der Waals surface area contributed by atoms with E-state index >= 15 is 0 Å². The zero-order chi connectivity index (χ0) is 19.7. The Morgan fingerprint density at radius 2 is 1.82 bits per heavy atom. The first-order valence-corrected chi connectivity index (χ1v) is 10.5. The van der Waals surface area contributed by atoms with E-state index in [2.05, 4.69) is 24.6 Å². The molecule has 11 heteroatoms. The monoisotopic (exact) mass is 401 g/mol. The number of nitrogens with two attached hydrogens (primary N) is 1. The molecule has 0 amide bonds. The summed E-state index contributed by atoms with van der Waals surface area (Å²) in [4.78, 5) is 19.7. The molecule has 0 spiro atoms. The zero-order valence-electron chi connectivity index (χ0n) is 15.2. The SMILES string of the molecule is CS(=O)(=O)Nc1ccc(-c2cnc3nc(N)nc(N4CCOCC4)c3n2)cc1. The number of rotatable bonds is 4. The summed E-state index contributed by atoms with van der Waals surface area (Å²) in [6, 6.07) is 6.89. The van der Waals surface area contributed by atoms with Crippen LogP contribution in [0.25, 0.3) is 22.4 Å². The number of hydrogen-bond acceptors (Lipinski definition) is 9. The highest BCUT2D eigenvalue weighted by atomic mass is 32.2. The van der Waals surface area contributed by atoms with Gasteiger partial charge in [0.15, 0.2) is 17.0 Å². The average molecular weight is 401 g/mol. The van der Waals surface area contributed by atoms with Crippen molar-refractivity contribution in [1.82, 2.24) is 19.9 Å². The minimum Gasteiger partial charge on any atom is -0.378 e. The summed E-state index contributed by atoms with van der Waals surface area (Å²) in [5.74, 6) is 0.780. The Labute approximate surface area is 161 Å². The maximum absolute atomic E-state index is 11.3. The van der Waals surface area contributed by atoms with Crippen molar-refractivity contribution in [2.45, 2.75) is 0 Å². The fourth-order valence-electron chi connectivity index (χ4n) is 2.97. The molecule has 3 aromatic rings. The normalized spacial score (nSPS) is 15.0. The smallest absolute Gasteiger partial charge is 0.229 e. The molecule has 3 N–H and O–H groups in total. The molecule has 28 heavy (non-hydrogen) atoms. The molecule has 0 bridgehead atoms. The van der Waals surface area contributed by atoms with E-state index in [-0.39, 0.29) is 5.95 Å². The van der Waals surface area contributed by atoms with Crippen molar-refractivity contribution in [2.75, 3.05) is 47.9 Å². The molecule has 0 atom stereocenters. The molecule has 2 aromatic heterocycles. The lowest BCUT2D eigenvalue weighted by Crippen LogP contribution is -2.37. The Morgan fingerprint density at radius 3 is 2.50 bits per heavy atom. The van der Waals surface area contributed by atoms with Gasteiger partial charge in [-0.3, -0.25) is 4.72 Å². The van der Waals surface area contributed by atoms with E-state index in [0.29, 0.717) is 54.7 Å². The minimum atomic E-state index is -3.33. The van der Waals surface area contributed by atoms with E-state index in [4.69, 9.17) is 15.5 Å². The predicted molar refractivity (Wildman–Crippen MR) is 106 cm³/mol. The fraction of sp³-hybridized carbons (Fsp3) is 0.294. The van der Waals surface area contributed by atoms with Crippen molar-refractivity contribution in [3.05, 3.63) is 30.5 Å². The van der Waals surface area contributed by atoms with Crippen LogP contribution in [0.5, 0.6) is 0 Å². The van der Waals surface area contributed by atoms with E-state index in [1.165, 1.54) is 0 Å². The van der Waals surface area contributed by atoms with Crippen LogP contribution in [0.2, 0.25) is 0 Å². The molecule has 0 unspecified atom stereocenters. The minimum absolute atomic E-state index is 0.146. The lowest BCUT2D eigenvalue weighted by molar-refractivity contribution is 0.122. The van der Waals surface area contributed by atoms with Crippen molar-refractivity contribution < 1.29 is 13.2 Å². The average Bonchev–Trinajstić information content (AvgIpc) is 2.67. The number of sulfonamides is 1. The maximum atomic E-state index is 11.3. The Hall–Kier alpha value is -3.05. The molecule has 0 saturated carbocycles. The molecule has 1 aromatic carbocycles. The second kappa shape index (κ2) is 7.17. The van der Waals surface area contributed by atoms with E-state index in [0.717, 1.165) is 11.8 Å². The third-order valence-electron chi connectivity index (χ3n) is 4.20. The van der Waals surface area contributed by atoms with Crippen LogP contribution in [0.4, 0.5) is 17.5 Å². The Balaban J connectivity index is 1.73. The van der Waals surface area contributed by atoms with Gasteiger partial charge < -0.3 is 15.4 Å². The van der Waals surface area contributed by atoms with Gasteiger partial charge in [0.2, 0.25) is 16.0 Å². The summed E-state index contributed by atoms with van der Waals surface area (Å²) in [6.07, 6.45) is 2.71. The predicted octanol–water partition coefficient (Wildman–Crippen LogP) is 0.877. The summed E-state index contributed by atoms with van der Waals surface area (Å²) in [5.41, 5.74) is 8.72. The Bertz CT molecular complexity index is 1110. The van der Waals surface area contributed by atoms with Gasteiger partial charge in [-0.25, -0.2) is 18.4 Å². The standard InChI is InChI=1S/C17H19N7O3S/c1-28(25,26)23-12-4-2-11(3-5-12)13-10-19-15-14(20-13)16(22-17(18)21-15)24-6-8-27-9-7-24/h2-5,10,23H,6-9H2,1H3,(H2,18,19,21,22). The molecule has 1 saturated heterocycles. The van der Waals surface area contributed by atoms with Crippen LogP contribution in [0.15, 0.2) is 30.5 Å². The number of anilines is 3. The van der Waals surface area contributed by atoms with Crippen molar-refractivity contribution in [3.63, 3.8) is 0 Å². The van der Waals surface area contributed by atoms with Gasteiger partial charge in [0.1, 0.15) is 0 Å². The quantitative estimate of drug-likeness (QED) is 0.652. The summed E-state index contributed by atoms with van der Waals surface area (Å²) >= 11 is 0. The van der Waals surface area contributed by atoms with Crippen molar-refractivity contribution in [1.29, 1.82) is 0 Å². The summed E-state index contributed by atoms with van der Waals surface area (Å²) < 4.78 is 30.5. The van der Waals surface area contributed by atoms with Gasteiger partial charge in [0.05, 0.1) is 31.4 Å². The summed E-state index contributed by atoms with van der Waals surface area (Å²) in [7, 11) is -3.33. The number of nitrogens with one attached hydrogen (secondary N) is 1. The highest BCUT2D eigenvalue weighted by Gasteiger charge is 2.19. The largest absolute Gasteiger partial charge is 0.378 e. The lowest BCUT2D eigenvalue weighted by atomic mass is 10.1. The molecule has 1 aliphatic heterocycles. The number of nitrogen functional groups attached to an aromatic ring is 1. The van der Waals surface area contributed by atoms with Crippen LogP contribution in [-0.2, 0) is 14.8 Å². The number of aromatic nitrogens is 4. The lowest BCUT2D eigenvalue weighted by Gasteiger charge is -2.28. The van der Waals surface area contributed by atoms with Crippen molar-refractivity contribution in [2.24, 2.45) is 0 Å². The first-order valence-electron chi connectivity index (χ1n) is 8.60. The second-order valence-electron chi connectivity index (χ2n) is 6.38. The first kappa shape index (κ1) is 18.3. The molecule has 1 fully saturated rings. The summed E-state index contributed by atoms with van der Waals surface area (Å²) in [6.45, 7) is 2.58. The van der Waals surface area contributed by atoms with Gasteiger partial charge in [-0.1, -0.05) is 12.1 Å². The molecule has 4 rings (SSSR count). The van der Waals surface area contributed by atoms with Crippen LogP contribution in [0, 0.1) is 0 Å². The third kappa shape index (κ3) is 3.94. The molecule has 146 valence electrons. The van der Waals surface area contributed by atoms with Gasteiger partial charge in [-0.15, -0.1) is 0 Å². The van der Waals surface area contributed by atoms with E-state index in [1.54, 1.807) is 30.5 Å². The van der Waals surface area contributed by atoms with Gasteiger partial charge in [0, 0.05) is 24.3 Å². The van der Waals surface area contributed by atoms with Crippen molar-refractivity contribution >= 4 is 38.6 Å². The number of fused-ring (bicyclic) bond motifs is 1. The van der Waals surface area contributed by atoms with Gasteiger partial charge >= 0.3 is 0 Å². The molecule has 10 nitrogen and oxygen atoms in total. The van der Waals surface area contributed by atoms with E-state index < -0.39 is 10.0 Å². The van der Waals surface area contributed by atoms with Gasteiger partial charge in [-0.2, -0.15) is 9.97 Å². The van der Waals surface area contributed by atoms with Gasteiger partial charge in [-0.05, 0) is 12.1 Å². The molecule has 3 heterocycles. The molecular formula is C17H19N7O3S. The van der Waals surface area contributed by atoms with Gasteiger partial charge in [0.25, 0.3) is 0 Å². The molecule has 0 radical (unpaired) electrons. The topological polar surface area (TPSA) is 136 Å². The van der Waals surface area contributed by atoms with Crippen LogP contribution in [0.1, 0.15) is 0 Å². The highest BCUT2D eigenvalue weighted by molar-refractivity contribution is 7.92. The van der Waals surface area contributed by atoms with E-state index in [1.807, 2.05) is 0 Å². The van der Waals surface area contributed by atoms with Crippen LogP contribution in [-0.4, -0.2) is 60.9 Å². The van der Waals surface area contributed by atoms with Crippen molar-refractivity contribution in [3.8, 4) is 11.3 Å². The number of ether oxygens (including phenoxy) is 1. The second-order valence-corrected chi connectivity index (χ2v) is 8.13. The van der Waals surface area contributed by atoms with Crippen LogP contribution >= 0.6 is 0 Å². The summed E-state index contributed by atoms with van der Waals surface area (Å²) in [5, 5.41) is 0. The van der Waals surface area contributed by atoms with Crippen LogP contribution in [0.3, 0.4) is 0 Å².